The summed E-state index contributed by atoms with van der Waals surface area (Å²) in [5.74, 6) is 0.587. The molecule has 9 aromatic rings. The molecule has 0 aliphatic carbocycles. The molecule has 0 saturated carbocycles. The molecule has 244 valence electrons. The molecule has 0 unspecified atom stereocenters. The molecule has 52 heavy (non-hydrogen) atoms. The Labute approximate surface area is 302 Å². The SMILES string of the molecule is [C-]#[N+]c1cccc(-c2nc(-c3ccccc3)cc(-c3ccc(-n4c5ccccc5c5cc(N(c6ccccc6)c6ccccc6)ccc54)cc3)n2)c1. The van der Waals surface area contributed by atoms with Gasteiger partial charge in [-0.3, -0.25) is 0 Å². The molecule has 5 nitrogen and oxygen atoms in total. The van der Waals surface area contributed by atoms with Crippen molar-refractivity contribution >= 4 is 44.6 Å². The van der Waals surface area contributed by atoms with Gasteiger partial charge in [0.05, 0.1) is 29.0 Å². The van der Waals surface area contributed by atoms with Gasteiger partial charge in [0.2, 0.25) is 0 Å². The Kier molecular flexibility index (Phi) is 7.81. The Morgan fingerprint density at radius 1 is 0.442 bits per heavy atom. The third kappa shape index (κ3) is 5.65. The number of para-hydroxylation sites is 3. The van der Waals surface area contributed by atoms with E-state index in [9.17, 15) is 0 Å². The van der Waals surface area contributed by atoms with Crippen LogP contribution < -0.4 is 4.90 Å². The lowest BCUT2D eigenvalue weighted by Crippen LogP contribution is -2.09. The topological polar surface area (TPSA) is 38.3 Å². The number of rotatable bonds is 7. The quantitative estimate of drug-likeness (QED) is 0.159. The molecule has 2 heterocycles. The average Bonchev–Trinajstić information content (AvgIpc) is 3.56. The normalized spacial score (nSPS) is 11.1. The molecule has 9 rings (SSSR count). The van der Waals surface area contributed by atoms with Gasteiger partial charge in [0.25, 0.3) is 0 Å². The van der Waals surface area contributed by atoms with E-state index in [2.05, 4.69) is 154 Å². The minimum absolute atomic E-state index is 0.559. The summed E-state index contributed by atoms with van der Waals surface area (Å²) in [5.41, 5.74) is 11.7. The molecule has 0 aliphatic heterocycles. The Hall–Kier alpha value is -7.29. The molecule has 0 amide bonds. The van der Waals surface area contributed by atoms with Crippen molar-refractivity contribution in [1.29, 1.82) is 0 Å². The Morgan fingerprint density at radius 2 is 1.02 bits per heavy atom. The van der Waals surface area contributed by atoms with E-state index in [4.69, 9.17) is 16.5 Å². The van der Waals surface area contributed by atoms with Crippen molar-refractivity contribution in [3.8, 4) is 39.6 Å². The smallest absolute Gasteiger partial charge is 0.187 e. The molecular weight excluding hydrogens is 635 g/mol. The second-order valence-electron chi connectivity index (χ2n) is 12.6. The van der Waals surface area contributed by atoms with Crippen LogP contribution in [0.4, 0.5) is 22.7 Å². The maximum Gasteiger partial charge on any atom is 0.187 e. The van der Waals surface area contributed by atoms with Gasteiger partial charge in [0.15, 0.2) is 11.5 Å². The summed E-state index contributed by atoms with van der Waals surface area (Å²) in [4.78, 5) is 15.9. The molecule has 0 spiro atoms. The summed E-state index contributed by atoms with van der Waals surface area (Å²) in [6.45, 7) is 7.52. The van der Waals surface area contributed by atoms with Gasteiger partial charge in [-0.15, -0.1) is 0 Å². The molecule has 0 aliphatic rings. The number of hydrogen-bond donors (Lipinski definition) is 0. The standard InChI is InChI=1S/C47H31N5/c1-48-36-17-13-16-35(30-36)47-49-43(33-14-5-2-6-15-33)32-44(50-47)34-24-26-39(27-25-34)52-45-23-12-11-22-41(45)42-31-40(28-29-46(42)52)51(37-18-7-3-8-19-37)38-20-9-4-10-21-38/h2-32H. The minimum Gasteiger partial charge on any atom is -0.310 e. The molecule has 0 bridgehead atoms. The highest BCUT2D eigenvalue weighted by molar-refractivity contribution is 6.10. The predicted octanol–water partition coefficient (Wildman–Crippen LogP) is 12.6. The lowest BCUT2D eigenvalue weighted by atomic mass is 10.1. The number of aromatic nitrogens is 3. The van der Waals surface area contributed by atoms with Crippen LogP contribution in [-0.4, -0.2) is 14.5 Å². The first-order valence-corrected chi connectivity index (χ1v) is 17.2. The lowest BCUT2D eigenvalue weighted by molar-refractivity contribution is 1.17. The minimum atomic E-state index is 0.559. The molecular formula is C47H31N5. The predicted molar refractivity (Wildman–Crippen MR) is 214 cm³/mol. The Balaban J connectivity index is 1.15. The van der Waals surface area contributed by atoms with Gasteiger partial charge in [-0.05, 0) is 72.8 Å². The summed E-state index contributed by atoms with van der Waals surface area (Å²) in [7, 11) is 0. The third-order valence-corrected chi connectivity index (χ3v) is 9.39. The van der Waals surface area contributed by atoms with Gasteiger partial charge in [0.1, 0.15) is 0 Å². The van der Waals surface area contributed by atoms with Gasteiger partial charge in [-0.25, -0.2) is 14.8 Å². The van der Waals surface area contributed by atoms with E-state index >= 15 is 0 Å². The molecule has 2 aromatic heterocycles. The van der Waals surface area contributed by atoms with E-state index in [0.717, 1.165) is 61.9 Å². The van der Waals surface area contributed by atoms with Gasteiger partial charge < -0.3 is 9.47 Å². The highest BCUT2D eigenvalue weighted by Crippen LogP contribution is 2.40. The molecule has 5 heteroatoms. The van der Waals surface area contributed by atoms with Crippen LogP contribution in [0, 0.1) is 6.57 Å². The number of hydrogen-bond acceptors (Lipinski definition) is 3. The highest BCUT2D eigenvalue weighted by Gasteiger charge is 2.18. The van der Waals surface area contributed by atoms with Crippen LogP contribution in [0.2, 0.25) is 0 Å². The van der Waals surface area contributed by atoms with Crippen LogP contribution in [0.15, 0.2) is 188 Å². The van der Waals surface area contributed by atoms with E-state index in [0.29, 0.717) is 11.5 Å². The van der Waals surface area contributed by atoms with E-state index in [1.165, 1.54) is 10.8 Å². The van der Waals surface area contributed by atoms with Crippen molar-refractivity contribution in [2.75, 3.05) is 4.90 Å². The summed E-state index contributed by atoms with van der Waals surface area (Å²) in [6, 6.07) is 64.6. The summed E-state index contributed by atoms with van der Waals surface area (Å²) in [5, 5.41) is 2.38. The summed E-state index contributed by atoms with van der Waals surface area (Å²) >= 11 is 0. The summed E-state index contributed by atoms with van der Waals surface area (Å²) < 4.78 is 2.34. The van der Waals surface area contributed by atoms with Gasteiger partial charge in [0, 0.05) is 50.2 Å². The third-order valence-electron chi connectivity index (χ3n) is 9.39. The first-order valence-electron chi connectivity index (χ1n) is 17.2. The lowest BCUT2D eigenvalue weighted by Gasteiger charge is -2.25. The average molecular weight is 666 g/mol. The fourth-order valence-electron chi connectivity index (χ4n) is 6.96. The van der Waals surface area contributed by atoms with E-state index in [1.807, 2.05) is 42.5 Å². The largest absolute Gasteiger partial charge is 0.310 e. The number of fused-ring (bicyclic) bond motifs is 3. The molecule has 0 fully saturated rings. The van der Waals surface area contributed by atoms with Gasteiger partial charge in [-0.2, -0.15) is 0 Å². The zero-order chi connectivity index (χ0) is 34.9. The van der Waals surface area contributed by atoms with Crippen molar-refractivity contribution in [2.24, 2.45) is 0 Å². The van der Waals surface area contributed by atoms with Crippen LogP contribution in [0.5, 0.6) is 0 Å². The van der Waals surface area contributed by atoms with E-state index < -0.39 is 0 Å². The molecule has 0 saturated heterocycles. The van der Waals surface area contributed by atoms with Crippen LogP contribution in [0.25, 0.3) is 66.2 Å². The van der Waals surface area contributed by atoms with E-state index in [1.54, 1.807) is 6.07 Å². The number of anilines is 3. The van der Waals surface area contributed by atoms with Crippen molar-refractivity contribution in [1.82, 2.24) is 14.5 Å². The first kappa shape index (κ1) is 30.7. The maximum absolute atomic E-state index is 7.52. The van der Waals surface area contributed by atoms with Crippen molar-refractivity contribution in [3.63, 3.8) is 0 Å². The van der Waals surface area contributed by atoms with E-state index in [-0.39, 0.29) is 0 Å². The van der Waals surface area contributed by atoms with Gasteiger partial charge in [-0.1, -0.05) is 115 Å². The zero-order valence-electron chi connectivity index (χ0n) is 28.1. The number of benzene rings is 7. The number of nitrogens with zero attached hydrogens (tertiary/aromatic N) is 5. The monoisotopic (exact) mass is 665 g/mol. The maximum atomic E-state index is 7.52. The van der Waals surface area contributed by atoms with Crippen molar-refractivity contribution in [3.05, 3.63) is 199 Å². The van der Waals surface area contributed by atoms with Crippen LogP contribution >= 0.6 is 0 Å². The fourth-order valence-corrected chi connectivity index (χ4v) is 6.96. The van der Waals surface area contributed by atoms with Crippen LogP contribution in [-0.2, 0) is 0 Å². The second-order valence-corrected chi connectivity index (χ2v) is 12.6. The van der Waals surface area contributed by atoms with Crippen LogP contribution in [0.1, 0.15) is 0 Å². The molecule has 0 N–H and O–H groups in total. The molecule has 0 radical (unpaired) electrons. The molecule has 7 aromatic carbocycles. The Morgan fingerprint density at radius 3 is 1.69 bits per heavy atom. The van der Waals surface area contributed by atoms with Crippen LogP contribution in [0.3, 0.4) is 0 Å². The zero-order valence-corrected chi connectivity index (χ0v) is 28.1. The second kappa shape index (κ2) is 13.2. The fraction of sp³-hybridized carbons (Fsp3) is 0. The summed E-state index contributed by atoms with van der Waals surface area (Å²) in [6.07, 6.45) is 0. The highest BCUT2D eigenvalue weighted by atomic mass is 15.1. The van der Waals surface area contributed by atoms with Crippen molar-refractivity contribution < 1.29 is 0 Å². The van der Waals surface area contributed by atoms with Gasteiger partial charge >= 0.3 is 0 Å². The van der Waals surface area contributed by atoms with Crippen molar-refractivity contribution in [2.45, 2.75) is 0 Å². The Bertz CT molecular complexity index is 2690. The molecule has 0 atom stereocenters. The first-order chi connectivity index (χ1) is 25.7.